The molecule has 1 aromatic carbocycles. The molecule has 1 heterocycles. The van der Waals surface area contributed by atoms with E-state index in [2.05, 4.69) is 0 Å². The van der Waals surface area contributed by atoms with Crippen molar-refractivity contribution < 1.29 is 9.90 Å². The Hall–Kier alpha value is -1.61. The minimum absolute atomic E-state index is 0.0274. The van der Waals surface area contributed by atoms with Gasteiger partial charge in [-0.1, -0.05) is 30.3 Å². The monoisotopic (exact) mass is 217 g/mol. The second-order valence-corrected chi connectivity index (χ2v) is 3.97. The molecule has 0 radical (unpaired) electrons. The van der Waals surface area contributed by atoms with E-state index in [4.69, 9.17) is 0 Å². The highest BCUT2D eigenvalue weighted by Crippen LogP contribution is 2.10. The molecule has 1 amide bonds. The molecule has 1 atom stereocenters. The van der Waals surface area contributed by atoms with Crippen molar-refractivity contribution in [3.05, 3.63) is 42.0 Å². The maximum atomic E-state index is 11.7. The van der Waals surface area contributed by atoms with Gasteiger partial charge in [-0.3, -0.25) is 4.79 Å². The molecule has 3 nitrogen and oxygen atoms in total. The van der Waals surface area contributed by atoms with Crippen LogP contribution in [-0.2, 0) is 4.79 Å². The summed E-state index contributed by atoms with van der Waals surface area (Å²) in [7, 11) is 0. The molecule has 16 heavy (non-hydrogen) atoms. The summed E-state index contributed by atoms with van der Waals surface area (Å²) in [5, 5.41) is 9.32. The summed E-state index contributed by atoms with van der Waals surface area (Å²) < 4.78 is 0. The summed E-state index contributed by atoms with van der Waals surface area (Å²) in [5.41, 5.74) is 1.01. The van der Waals surface area contributed by atoms with Gasteiger partial charge in [-0.15, -0.1) is 0 Å². The average molecular weight is 217 g/mol. The van der Waals surface area contributed by atoms with E-state index < -0.39 is 0 Å². The van der Waals surface area contributed by atoms with Crippen LogP contribution in [0.4, 0.5) is 0 Å². The third-order valence-electron chi connectivity index (χ3n) is 2.69. The first kappa shape index (κ1) is 10.9. The first-order valence-electron chi connectivity index (χ1n) is 5.46. The highest BCUT2D eigenvalue weighted by molar-refractivity contribution is 5.91. The molecule has 1 N–H and O–H groups in total. The van der Waals surface area contributed by atoms with Crippen LogP contribution in [0.1, 0.15) is 12.0 Å². The van der Waals surface area contributed by atoms with E-state index in [0.29, 0.717) is 19.5 Å². The maximum absolute atomic E-state index is 11.7. The number of β-amino-alcohol motifs (C(OH)–C–C–N with tert-alkyl or cyclic N) is 1. The molecular formula is C13H15NO2. The molecule has 1 aliphatic rings. The number of hydrogen-bond acceptors (Lipinski definition) is 2. The molecule has 0 spiro atoms. The van der Waals surface area contributed by atoms with E-state index in [1.807, 2.05) is 30.3 Å². The molecule has 0 bridgehead atoms. The van der Waals surface area contributed by atoms with Crippen LogP contribution in [0.3, 0.4) is 0 Å². The molecule has 0 aromatic heterocycles. The van der Waals surface area contributed by atoms with Gasteiger partial charge in [-0.2, -0.15) is 0 Å². The van der Waals surface area contributed by atoms with Crippen molar-refractivity contribution in [1.82, 2.24) is 4.90 Å². The first-order chi connectivity index (χ1) is 7.75. The summed E-state index contributed by atoms with van der Waals surface area (Å²) in [4.78, 5) is 13.4. The summed E-state index contributed by atoms with van der Waals surface area (Å²) in [5.74, 6) is -0.0274. The van der Waals surface area contributed by atoms with Gasteiger partial charge in [-0.25, -0.2) is 0 Å². The van der Waals surface area contributed by atoms with E-state index >= 15 is 0 Å². The SMILES string of the molecule is O=C(C=Cc1ccccc1)N1CCC(O)C1. The molecule has 0 aliphatic carbocycles. The predicted octanol–water partition coefficient (Wildman–Crippen LogP) is 1.29. The lowest BCUT2D eigenvalue weighted by atomic mass is 10.2. The van der Waals surface area contributed by atoms with Gasteiger partial charge in [0.2, 0.25) is 5.91 Å². The molecule has 3 heteroatoms. The van der Waals surface area contributed by atoms with Gasteiger partial charge in [0.15, 0.2) is 0 Å². The van der Waals surface area contributed by atoms with E-state index in [0.717, 1.165) is 5.56 Å². The van der Waals surface area contributed by atoms with Crippen molar-refractivity contribution in [3.8, 4) is 0 Å². The van der Waals surface area contributed by atoms with Gasteiger partial charge >= 0.3 is 0 Å². The molecule has 84 valence electrons. The standard InChI is InChI=1S/C13H15NO2/c15-12-8-9-14(10-12)13(16)7-6-11-4-2-1-3-5-11/h1-7,12,15H,8-10H2. The minimum atomic E-state index is -0.353. The first-order valence-corrected chi connectivity index (χ1v) is 5.46. The van der Waals surface area contributed by atoms with Crippen LogP contribution in [0.2, 0.25) is 0 Å². The number of rotatable bonds is 2. The Labute approximate surface area is 95.0 Å². The van der Waals surface area contributed by atoms with Crippen LogP contribution in [0, 0.1) is 0 Å². The summed E-state index contributed by atoms with van der Waals surface area (Å²) in [6.45, 7) is 1.11. The van der Waals surface area contributed by atoms with E-state index in [-0.39, 0.29) is 12.0 Å². The second-order valence-electron chi connectivity index (χ2n) is 3.97. The Morgan fingerprint density at radius 3 is 2.75 bits per heavy atom. The molecular weight excluding hydrogens is 202 g/mol. The number of nitrogens with zero attached hydrogens (tertiary/aromatic N) is 1. The van der Waals surface area contributed by atoms with Crippen molar-refractivity contribution in [1.29, 1.82) is 0 Å². The molecule has 0 saturated carbocycles. The van der Waals surface area contributed by atoms with Crippen molar-refractivity contribution >= 4 is 12.0 Å². The summed E-state index contributed by atoms with van der Waals surface area (Å²) in [6, 6.07) is 9.70. The Balaban J connectivity index is 1.95. The zero-order valence-corrected chi connectivity index (χ0v) is 9.04. The van der Waals surface area contributed by atoms with Gasteiger partial charge in [0, 0.05) is 19.2 Å². The van der Waals surface area contributed by atoms with Gasteiger partial charge in [0.05, 0.1) is 6.10 Å². The van der Waals surface area contributed by atoms with Gasteiger partial charge < -0.3 is 10.0 Å². The Morgan fingerprint density at radius 2 is 2.12 bits per heavy atom. The Morgan fingerprint density at radius 1 is 1.38 bits per heavy atom. The van der Waals surface area contributed by atoms with Crippen LogP contribution >= 0.6 is 0 Å². The number of aliphatic hydroxyl groups is 1. The fraction of sp³-hybridized carbons (Fsp3) is 0.308. The highest BCUT2D eigenvalue weighted by atomic mass is 16.3. The van der Waals surface area contributed by atoms with Crippen molar-refractivity contribution in [2.24, 2.45) is 0 Å². The number of likely N-dealkylation sites (tertiary alicyclic amines) is 1. The zero-order valence-electron chi connectivity index (χ0n) is 9.04. The zero-order chi connectivity index (χ0) is 11.4. The fourth-order valence-electron chi connectivity index (χ4n) is 1.78. The van der Waals surface area contributed by atoms with Crippen molar-refractivity contribution in [2.75, 3.05) is 13.1 Å². The maximum Gasteiger partial charge on any atom is 0.246 e. The minimum Gasteiger partial charge on any atom is -0.391 e. The van der Waals surface area contributed by atoms with Crippen LogP contribution in [-0.4, -0.2) is 35.1 Å². The van der Waals surface area contributed by atoms with Crippen molar-refractivity contribution in [3.63, 3.8) is 0 Å². The van der Waals surface area contributed by atoms with Crippen LogP contribution in [0.5, 0.6) is 0 Å². The van der Waals surface area contributed by atoms with Crippen molar-refractivity contribution in [2.45, 2.75) is 12.5 Å². The number of aliphatic hydroxyl groups excluding tert-OH is 1. The Kier molecular flexibility index (Phi) is 3.37. The molecule has 1 fully saturated rings. The number of hydrogen-bond donors (Lipinski definition) is 1. The van der Waals surface area contributed by atoms with E-state index in [1.165, 1.54) is 0 Å². The van der Waals surface area contributed by atoms with Crippen LogP contribution in [0.15, 0.2) is 36.4 Å². The quantitative estimate of drug-likeness (QED) is 0.758. The lowest BCUT2D eigenvalue weighted by molar-refractivity contribution is -0.125. The third-order valence-corrected chi connectivity index (χ3v) is 2.69. The van der Waals surface area contributed by atoms with Crippen LogP contribution in [0.25, 0.3) is 6.08 Å². The number of amides is 1. The van der Waals surface area contributed by atoms with E-state index in [9.17, 15) is 9.90 Å². The fourth-order valence-corrected chi connectivity index (χ4v) is 1.78. The molecule has 1 aliphatic heterocycles. The molecule has 1 aromatic rings. The van der Waals surface area contributed by atoms with Gasteiger partial charge in [0.25, 0.3) is 0 Å². The molecule has 1 saturated heterocycles. The van der Waals surface area contributed by atoms with Gasteiger partial charge in [0.1, 0.15) is 0 Å². The number of carbonyl (C=O) groups excluding carboxylic acids is 1. The summed E-state index contributed by atoms with van der Waals surface area (Å²) >= 11 is 0. The topological polar surface area (TPSA) is 40.5 Å². The molecule has 1 unspecified atom stereocenters. The summed E-state index contributed by atoms with van der Waals surface area (Å²) in [6.07, 6.45) is 3.69. The smallest absolute Gasteiger partial charge is 0.246 e. The lowest BCUT2D eigenvalue weighted by Gasteiger charge is -2.12. The predicted molar refractivity (Wildman–Crippen MR) is 62.7 cm³/mol. The number of benzene rings is 1. The lowest BCUT2D eigenvalue weighted by Crippen LogP contribution is -2.27. The molecule has 2 rings (SSSR count). The average Bonchev–Trinajstić information content (AvgIpc) is 2.74. The second kappa shape index (κ2) is 4.94. The third kappa shape index (κ3) is 2.70. The Bertz CT molecular complexity index is 386. The van der Waals surface area contributed by atoms with E-state index in [1.54, 1.807) is 17.1 Å². The highest BCUT2D eigenvalue weighted by Gasteiger charge is 2.22. The van der Waals surface area contributed by atoms with Crippen LogP contribution < -0.4 is 0 Å². The largest absolute Gasteiger partial charge is 0.391 e. The number of carbonyl (C=O) groups is 1. The normalized spacial score (nSPS) is 20.6. The van der Waals surface area contributed by atoms with Gasteiger partial charge in [-0.05, 0) is 18.1 Å².